The molecule has 0 unspecified atom stereocenters. The summed E-state index contributed by atoms with van der Waals surface area (Å²) >= 11 is 0. The fraction of sp³-hybridized carbons (Fsp3) is 0.571. The molecule has 0 aromatic carbocycles. The second-order valence-corrected chi connectivity index (χ2v) is 5.24. The average Bonchev–Trinajstić information content (AvgIpc) is 3.09. The van der Waals surface area contributed by atoms with Gasteiger partial charge in [-0.05, 0) is 6.07 Å². The molecule has 2 saturated heterocycles. The molecule has 7 heteroatoms. The first-order valence-corrected chi connectivity index (χ1v) is 7.03. The van der Waals surface area contributed by atoms with Gasteiger partial charge in [0.2, 0.25) is 5.91 Å². The number of hydrogen-bond acceptors (Lipinski definition) is 5. The average molecular weight is 294 g/mol. The number of nitrogens with zero attached hydrogens (tertiary/aromatic N) is 1. The maximum absolute atomic E-state index is 12.3. The molecule has 0 radical (unpaired) electrons. The topological polar surface area (TPSA) is 81.0 Å². The van der Waals surface area contributed by atoms with Crippen LogP contribution in [-0.2, 0) is 14.3 Å². The number of likely N-dealkylation sites (tertiary alicyclic amines) is 1. The number of anilines is 1. The Hall–Kier alpha value is -1.86. The van der Waals surface area contributed by atoms with Crippen molar-refractivity contribution in [1.82, 2.24) is 4.90 Å². The maximum Gasteiger partial charge on any atom is 0.289 e. The van der Waals surface area contributed by atoms with Gasteiger partial charge >= 0.3 is 0 Å². The molecule has 0 bridgehead atoms. The van der Waals surface area contributed by atoms with Crippen LogP contribution in [-0.4, -0.2) is 48.8 Å². The van der Waals surface area contributed by atoms with E-state index in [1.807, 2.05) is 0 Å². The van der Waals surface area contributed by atoms with E-state index in [0.29, 0.717) is 39.1 Å². The lowest BCUT2D eigenvalue weighted by molar-refractivity contribution is -0.181. The SMILES string of the molecule is CC(=O)Nc1ccc(C(=O)N2CCC3(CC2)OCCO3)o1. The van der Waals surface area contributed by atoms with Crippen molar-refractivity contribution in [3.8, 4) is 0 Å². The first-order chi connectivity index (χ1) is 10.1. The fourth-order valence-electron chi connectivity index (χ4n) is 2.69. The molecule has 114 valence electrons. The van der Waals surface area contributed by atoms with Gasteiger partial charge in [0.1, 0.15) is 0 Å². The van der Waals surface area contributed by atoms with Gasteiger partial charge in [-0.3, -0.25) is 14.9 Å². The lowest BCUT2D eigenvalue weighted by Crippen LogP contribution is -2.47. The van der Waals surface area contributed by atoms with E-state index in [1.54, 1.807) is 17.0 Å². The summed E-state index contributed by atoms with van der Waals surface area (Å²) < 4.78 is 16.6. The van der Waals surface area contributed by atoms with Gasteiger partial charge in [-0.25, -0.2) is 0 Å². The van der Waals surface area contributed by atoms with Gasteiger partial charge < -0.3 is 18.8 Å². The Kier molecular flexibility index (Phi) is 3.69. The third kappa shape index (κ3) is 2.93. The van der Waals surface area contributed by atoms with Gasteiger partial charge in [0, 0.05) is 38.9 Å². The molecule has 2 aliphatic heterocycles. The zero-order valence-electron chi connectivity index (χ0n) is 11.9. The second-order valence-electron chi connectivity index (χ2n) is 5.24. The summed E-state index contributed by atoms with van der Waals surface area (Å²) in [5, 5.41) is 2.51. The Bertz CT molecular complexity index is 537. The Morgan fingerprint density at radius 1 is 1.19 bits per heavy atom. The zero-order chi connectivity index (χ0) is 14.9. The second kappa shape index (κ2) is 5.50. The molecular formula is C14H18N2O5. The van der Waals surface area contributed by atoms with Crippen LogP contribution >= 0.6 is 0 Å². The van der Waals surface area contributed by atoms with E-state index in [1.165, 1.54) is 6.92 Å². The highest BCUT2D eigenvalue weighted by atomic mass is 16.7. The molecule has 1 N–H and O–H groups in total. The summed E-state index contributed by atoms with van der Waals surface area (Å²) in [7, 11) is 0. The molecule has 2 amide bonds. The molecule has 7 nitrogen and oxygen atoms in total. The highest BCUT2D eigenvalue weighted by Crippen LogP contribution is 2.31. The van der Waals surface area contributed by atoms with Crippen LogP contribution in [0.3, 0.4) is 0 Å². The van der Waals surface area contributed by atoms with E-state index in [4.69, 9.17) is 13.9 Å². The molecule has 2 aliphatic rings. The number of furan rings is 1. The summed E-state index contributed by atoms with van der Waals surface area (Å²) in [6.45, 7) is 3.75. The highest BCUT2D eigenvalue weighted by Gasteiger charge is 2.41. The van der Waals surface area contributed by atoms with Gasteiger partial charge in [-0.15, -0.1) is 0 Å². The number of piperidine rings is 1. The number of hydrogen-bond donors (Lipinski definition) is 1. The molecule has 0 saturated carbocycles. The molecule has 1 aromatic heterocycles. The third-order valence-electron chi connectivity index (χ3n) is 3.74. The summed E-state index contributed by atoms with van der Waals surface area (Å²) in [6, 6.07) is 3.14. The van der Waals surface area contributed by atoms with E-state index in [-0.39, 0.29) is 23.5 Å². The molecule has 0 atom stereocenters. The van der Waals surface area contributed by atoms with Crippen molar-refractivity contribution in [2.24, 2.45) is 0 Å². The van der Waals surface area contributed by atoms with E-state index in [2.05, 4.69) is 5.32 Å². The predicted octanol–water partition coefficient (Wildman–Crippen LogP) is 1.22. The first kappa shape index (κ1) is 14.1. The number of nitrogens with one attached hydrogen (secondary N) is 1. The molecule has 1 spiro atoms. The fourth-order valence-corrected chi connectivity index (χ4v) is 2.69. The summed E-state index contributed by atoms with van der Waals surface area (Å²) in [6.07, 6.45) is 1.33. The molecule has 2 fully saturated rings. The number of carbonyl (C=O) groups excluding carboxylic acids is 2. The van der Waals surface area contributed by atoms with Crippen LogP contribution in [0.15, 0.2) is 16.5 Å². The monoisotopic (exact) mass is 294 g/mol. The van der Waals surface area contributed by atoms with Crippen LogP contribution in [0, 0.1) is 0 Å². The van der Waals surface area contributed by atoms with Crippen molar-refractivity contribution in [2.75, 3.05) is 31.6 Å². The predicted molar refractivity (Wildman–Crippen MR) is 72.8 cm³/mol. The Morgan fingerprint density at radius 2 is 1.86 bits per heavy atom. The third-order valence-corrected chi connectivity index (χ3v) is 3.74. The lowest BCUT2D eigenvalue weighted by atomic mass is 10.0. The Balaban J connectivity index is 1.61. The smallest absolute Gasteiger partial charge is 0.289 e. The van der Waals surface area contributed by atoms with Gasteiger partial charge in [-0.1, -0.05) is 0 Å². The van der Waals surface area contributed by atoms with Crippen molar-refractivity contribution in [2.45, 2.75) is 25.6 Å². The molecular weight excluding hydrogens is 276 g/mol. The van der Waals surface area contributed by atoms with Crippen molar-refractivity contribution in [3.05, 3.63) is 17.9 Å². The molecule has 21 heavy (non-hydrogen) atoms. The Labute approximate surface area is 122 Å². The van der Waals surface area contributed by atoms with Crippen LogP contribution in [0.2, 0.25) is 0 Å². The summed E-state index contributed by atoms with van der Waals surface area (Å²) in [5.74, 6) is -0.413. The number of ether oxygens (including phenoxy) is 2. The van der Waals surface area contributed by atoms with Crippen LogP contribution in [0.4, 0.5) is 5.88 Å². The van der Waals surface area contributed by atoms with Crippen LogP contribution < -0.4 is 5.32 Å². The van der Waals surface area contributed by atoms with E-state index < -0.39 is 5.79 Å². The van der Waals surface area contributed by atoms with Crippen LogP contribution in [0.1, 0.15) is 30.3 Å². The van der Waals surface area contributed by atoms with Gasteiger partial charge in [0.05, 0.1) is 13.2 Å². The number of carbonyl (C=O) groups is 2. The summed E-state index contributed by atoms with van der Waals surface area (Å²) in [4.78, 5) is 25.0. The van der Waals surface area contributed by atoms with E-state index in [9.17, 15) is 9.59 Å². The minimum absolute atomic E-state index is 0.181. The summed E-state index contributed by atoms with van der Waals surface area (Å²) in [5.41, 5.74) is 0. The van der Waals surface area contributed by atoms with Crippen molar-refractivity contribution in [1.29, 1.82) is 0 Å². The largest absolute Gasteiger partial charge is 0.435 e. The zero-order valence-corrected chi connectivity index (χ0v) is 11.9. The maximum atomic E-state index is 12.3. The normalized spacial score (nSPS) is 20.7. The van der Waals surface area contributed by atoms with Gasteiger partial charge in [0.25, 0.3) is 5.91 Å². The molecule has 0 aliphatic carbocycles. The van der Waals surface area contributed by atoms with E-state index >= 15 is 0 Å². The van der Waals surface area contributed by atoms with Crippen LogP contribution in [0.5, 0.6) is 0 Å². The van der Waals surface area contributed by atoms with E-state index in [0.717, 1.165) is 0 Å². The first-order valence-electron chi connectivity index (χ1n) is 7.03. The standard InChI is InChI=1S/C14H18N2O5/c1-10(17)15-12-3-2-11(21-12)13(18)16-6-4-14(5-7-16)19-8-9-20-14/h2-3H,4-9H2,1H3,(H,15,17). The minimum Gasteiger partial charge on any atom is -0.435 e. The minimum atomic E-state index is -0.499. The number of rotatable bonds is 2. The van der Waals surface area contributed by atoms with Crippen molar-refractivity contribution >= 4 is 17.7 Å². The highest BCUT2D eigenvalue weighted by molar-refractivity contribution is 5.93. The quantitative estimate of drug-likeness (QED) is 0.887. The van der Waals surface area contributed by atoms with Crippen LogP contribution in [0.25, 0.3) is 0 Å². The Morgan fingerprint density at radius 3 is 2.48 bits per heavy atom. The lowest BCUT2D eigenvalue weighted by Gasteiger charge is -2.37. The van der Waals surface area contributed by atoms with Gasteiger partial charge in [0.15, 0.2) is 17.4 Å². The number of amides is 2. The van der Waals surface area contributed by atoms with Gasteiger partial charge in [-0.2, -0.15) is 0 Å². The van der Waals surface area contributed by atoms with Crippen molar-refractivity contribution in [3.63, 3.8) is 0 Å². The van der Waals surface area contributed by atoms with Crippen molar-refractivity contribution < 1.29 is 23.5 Å². The molecule has 3 heterocycles. The molecule has 1 aromatic rings. The molecule has 3 rings (SSSR count).